The maximum absolute atomic E-state index is 2.35. The van der Waals surface area contributed by atoms with E-state index in [9.17, 15) is 0 Å². The second kappa shape index (κ2) is 7.04. The van der Waals surface area contributed by atoms with Crippen LogP contribution in [0.5, 0.6) is 0 Å². The van der Waals surface area contributed by atoms with Gasteiger partial charge in [0.15, 0.2) is 0 Å². The molecule has 142 valence electrons. The van der Waals surface area contributed by atoms with Crippen LogP contribution in [0, 0.1) is 0 Å². The minimum absolute atomic E-state index is 0.241. The van der Waals surface area contributed by atoms with Crippen molar-refractivity contribution in [1.82, 2.24) is 0 Å². The minimum Gasteiger partial charge on any atom is -0.0683 e. The second-order valence-corrected chi connectivity index (χ2v) is 7.74. The van der Waals surface area contributed by atoms with E-state index in [2.05, 4.69) is 97.1 Å². The lowest BCUT2D eigenvalue weighted by molar-refractivity contribution is 0.768. The van der Waals surface area contributed by atoms with Crippen molar-refractivity contribution in [2.45, 2.75) is 32.1 Å². The lowest BCUT2D eigenvalue weighted by atomic mass is 9.67. The third kappa shape index (κ3) is 2.52. The Kier molecular flexibility index (Phi) is 4.36. The molecule has 0 N–H and O–H groups in total. The van der Waals surface area contributed by atoms with E-state index in [0.29, 0.717) is 0 Å². The molecule has 0 aromatic heterocycles. The van der Waals surface area contributed by atoms with E-state index in [-0.39, 0.29) is 5.41 Å². The molecule has 0 atom stereocenters. The van der Waals surface area contributed by atoms with Gasteiger partial charge >= 0.3 is 0 Å². The van der Waals surface area contributed by atoms with E-state index in [0.717, 1.165) is 12.8 Å². The van der Waals surface area contributed by atoms with Gasteiger partial charge in [-0.15, -0.1) is 0 Å². The Bertz CT molecular complexity index is 1050. The van der Waals surface area contributed by atoms with E-state index < -0.39 is 0 Å². The van der Waals surface area contributed by atoms with Crippen LogP contribution in [-0.4, -0.2) is 0 Å². The number of aryl methyl sites for hydroxylation is 2. The fourth-order valence-corrected chi connectivity index (χ4v) is 5.16. The van der Waals surface area contributed by atoms with Crippen molar-refractivity contribution < 1.29 is 0 Å². The molecular formula is C29H26. The Morgan fingerprint density at radius 3 is 1.28 bits per heavy atom. The summed E-state index contributed by atoms with van der Waals surface area (Å²) >= 11 is 0. The molecule has 0 amide bonds. The van der Waals surface area contributed by atoms with Crippen LogP contribution < -0.4 is 0 Å². The Balaban J connectivity index is 0.000000882. The summed E-state index contributed by atoms with van der Waals surface area (Å²) in [6.45, 7) is 4.00. The van der Waals surface area contributed by atoms with Crippen LogP contribution in [0.3, 0.4) is 0 Å². The average molecular weight is 375 g/mol. The van der Waals surface area contributed by atoms with Gasteiger partial charge in [0, 0.05) is 0 Å². The van der Waals surface area contributed by atoms with Gasteiger partial charge in [0.05, 0.1) is 5.41 Å². The maximum Gasteiger partial charge on any atom is 0.0713 e. The van der Waals surface area contributed by atoms with Crippen LogP contribution in [0.15, 0.2) is 97.1 Å². The number of benzene rings is 4. The van der Waals surface area contributed by atoms with Crippen molar-refractivity contribution >= 4 is 0 Å². The zero-order valence-corrected chi connectivity index (χ0v) is 17.2. The number of hydrogen-bond donors (Lipinski definition) is 0. The van der Waals surface area contributed by atoms with Crippen LogP contribution in [0.4, 0.5) is 0 Å². The molecule has 0 nitrogen and oxygen atoms in total. The molecule has 0 heterocycles. The van der Waals surface area contributed by atoms with Crippen molar-refractivity contribution in [2.75, 3.05) is 0 Å². The second-order valence-electron chi connectivity index (χ2n) is 7.74. The molecule has 4 bridgehead atoms. The molecular weight excluding hydrogens is 348 g/mol. The summed E-state index contributed by atoms with van der Waals surface area (Å²) < 4.78 is 0. The van der Waals surface area contributed by atoms with E-state index in [1.807, 2.05) is 13.8 Å². The summed E-state index contributed by atoms with van der Waals surface area (Å²) in [5.74, 6) is 0. The van der Waals surface area contributed by atoms with Gasteiger partial charge in [-0.3, -0.25) is 0 Å². The first-order valence-electron chi connectivity index (χ1n) is 10.8. The molecule has 1 spiro atoms. The molecule has 0 radical (unpaired) electrons. The zero-order valence-electron chi connectivity index (χ0n) is 17.2. The van der Waals surface area contributed by atoms with Gasteiger partial charge in [0.25, 0.3) is 0 Å². The molecule has 4 aromatic carbocycles. The normalized spacial score (nSPS) is 14.6. The predicted octanol–water partition coefficient (Wildman–Crippen LogP) is 7.17. The summed E-state index contributed by atoms with van der Waals surface area (Å²) in [4.78, 5) is 0. The highest BCUT2D eigenvalue weighted by Crippen LogP contribution is 2.55. The zero-order chi connectivity index (χ0) is 19.8. The first kappa shape index (κ1) is 17.9. The number of fused-ring (bicyclic) bond motifs is 3. The lowest BCUT2D eigenvalue weighted by Gasteiger charge is -2.33. The number of rotatable bonds is 0. The third-order valence-corrected chi connectivity index (χ3v) is 6.43. The molecule has 4 aromatic rings. The fourth-order valence-electron chi connectivity index (χ4n) is 5.16. The standard InChI is InChI=1S/C27H20.C2H6/c1-3-7-25-23(5-1)24-6-2-4-8-26(24)27(25)21-15-11-19(12-16-21)9-10-20-13-17-22(27)18-14-20;1-2/h1-8,11-18H,9-10H2;1-2H3. The van der Waals surface area contributed by atoms with Gasteiger partial charge in [0.1, 0.15) is 0 Å². The van der Waals surface area contributed by atoms with Crippen LogP contribution in [0.1, 0.15) is 47.2 Å². The topological polar surface area (TPSA) is 0 Å². The molecule has 0 saturated heterocycles. The molecule has 0 heteroatoms. The smallest absolute Gasteiger partial charge is 0.0683 e. The monoisotopic (exact) mass is 374 g/mol. The molecule has 9 rings (SSSR count). The molecule has 0 fully saturated rings. The molecule has 0 saturated carbocycles. The molecule has 0 unspecified atom stereocenters. The fraction of sp³-hybridized carbons (Fsp3) is 0.172. The molecule has 0 aliphatic heterocycles. The van der Waals surface area contributed by atoms with E-state index >= 15 is 0 Å². The minimum atomic E-state index is -0.241. The van der Waals surface area contributed by atoms with Crippen LogP contribution >= 0.6 is 0 Å². The third-order valence-electron chi connectivity index (χ3n) is 6.43. The SMILES string of the molecule is CC.c1ccc2c(c1)-c1ccccc1C21c2ccc(cc2)CCc2ccc1cc2. The van der Waals surface area contributed by atoms with Crippen molar-refractivity contribution in [3.63, 3.8) is 0 Å². The van der Waals surface area contributed by atoms with Gasteiger partial charge in [-0.25, -0.2) is 0 Å². The van der Waals surface area contributed by atoms with Crippen molar-refractivity contribution in [3.8, 4) is 11.1 Å². The van der Waals surface area contributed by atoms with Gasteiger partial charge in [-0.05, 0) is 57.3 Å². The van der Waals surface area contributed by atoms with Crippen LogP contribution in [0.2, 0.25) is 0 Å². The largest absolute Gasteiger partial charge is 0.0713 e. The predicted molar refractivity (Wildman–Crippen MR) is 123 cm³/mol. The molecule has 5 aliphatic carbocycles. The van der Waals surface area contributed by atoms with Crippen molar-refractivity contribution in [3.05, 3.63) is 130 Å². The highest BCUT2D eigenvalue weighted by atomic mass is 14.5. The summed E-state index contributed by atoms with van der Waals surface area (Å²) in [7, 11) is 0. The van der Waals surface area contributed by atoms with Gasteiger partial charge in [0.2, 0.25) is 0 Å². The summed E-state index contributed by atoms with van der Waals surface area (Å²) in [5.41, 5.74) is 10.8. The first-order chi connectivity index (χ1) is 14.4. The van der Waals surface area contributed by atoms with E-state index in [1.165, 1.54) is 44.5 Å². The van der Waals surface area contributed by atoms with Crippen LogP contribution in [0.25, 0.3) is 11.1 Å². The Morgan fingerprint density at radius 1 is 0.483 bits per heavy atom. The molecule has 5 aliphatic rings. The summed E-state index contributed by atoms with van der Waals surface area (Å²) in [5, 5.41) is 0. The average Bonchev–Trinajstić information content (AvgIpc) is 3.07. The highest BCUT2D eigenvalue weighted by molar-refractivity contribution is 5.86. The highest BCUT2D eigenvalue weighted by Gasteiger charge is 2.45. The van der Waals surface area contributed by atoms with Crippen molar-refractivity contribution in [2.24, 2.45) is 0 Å². The van der Waals surface area contributed by atoms with Gasteiger partial charge < -0.3 is 0 Å². The summed E-state index contributed by atoms with van der Waals surface area (Å²) in [6.07, 6.45) is 2.19. The molecule has 29 heavy (non-hydrogen) atoms. The van der Waals surface area contributed by atoms with Crippen LogP contribution in [-0.2, 0) is 18.3 Å². The van der Waals surface area contributed by atoms with Gasteiger partial charge in [-0.2, -0.15) is 0 Å². The quantitative estimate of drug-likeness (QED) is 0.269. The number of hydrogen-bond acceptors (Lipinski definition) is 0. The van der Waals surface area contributed by atoms with E-state index in [1.54, 1.807) is 0 Å². The maximum atomic E-state index is 2.35. The van der Waals surface area contributed by atoms with E-state index in [4.69, 9.17) is 0 Å². The van der Waals surface area contributed by atoms with Gasteiger partial charge in [-0.1, -0.05) is 111 Å². The summed E-state index contributed by atoms with van der Waals surface area (Å²) in [6, 6.07) is 36.6. The lowest BCUT2D eigenvalue weighted by Crippen LogP contribution is -2.28. The Hall–Kier alpha value is -3.12. The Morgan fingerprint density at radius 2 is 0.862 bits per heavy atom. The first-order valence-corrected chi connectivity index (χ1v) is 10.8. The Labute approximate surface area is 173 Å². The van der Waals surface area contributed by atoms with Crippen molar-refractivity contribution in [1.29, 1.82) is 0 Å².